The van der Waals surface area contributed by atoms with Crippen LogP contribution in [0.5, 0.6) is 0 Å². The molecule has 0 aromatic carbocycles. The van der Waals surface area contributed by atoms with Gasteiger partial charge in [0.2, 0.25) is 0 Å². The summed E-state index contributed by atoms with van der Waals surface area (Å²) in [5.41, 5.74) is 0.961. The van der Waals surface area contributed by atoms with Crippen LogP contribution in [0.1, 0.15) is 44.6 Å². The highest BCUT2D eigenvalue weighted by Crippen LogP contribution is 2.29. The third-order valence-electron chi connectivity index (χ3n) is 3.84. The maximum atomic E-state index is 5.19. The van der Waals surface area contributed by atoms with E-state index in [9.17, 15) is 0 Å². The van der Waals surface area contributed by atoms with Gasteiger partial charge in [-0.15, -0.1) is 0 Å². The van der Waals surface area contributed by atoms with Crippen LogP contribution in [0, 0.1) is 18.8 Å². The largest absolute Gasteiger partial charge is 0.360 e. The number of rotatable bonds is 3. The second-order valence-corrected chi connectivity index (χ2v) is 5.28. The number of aryl methyl sites for hydroxylation is 1. The predicted octanol–water partition coefficient (Wildman–Crippen LogP) is 2.90. The Labute approximate surface area is 97.6 Å². The number of nitrogens with zero attached hydrogens (tertiary/aromatic N) is 1. The van der Waals surface area contributed by atoms with Crippen molar-refractivity contribution in [1.29, 1.82) is 0 Å². The molecule has 1 aromatic heterocycles. The number of hydrogen-bond acceptors (Lipinski definition) is 3. The zero-order valence-corrected chi connectivity index (χ0v) is 10.5. The van der Waals surface area contributed by atoms with E-state index in [1.54, 1.807) is 0 Å². The highest BCUT2D eigenvalue weighted by Gasteiger charge is 2.24. The van der Waals surface area contributed by atoms with Crippen LogP contribution in [-0.4, -0.2) is 11.2 Å². The zero-order valence-electron chi connectivity index (χ0n) is 10.5. The van der Waals surface area contributed by atoms with Crippen molar-refractivity contribution >= 4 is 0 Å². The highest BCUT2D eigenvalue weighted by molar-refractivity contribution is 5.02. The Kier molecular flexibility index (Phi) is 3.64. The molecule has 3 atom stereocenters. The van der Waals surface area contributed by atoms with Crippen LogP contribution in [0.2, 0.25) is 0 Å². The van der Waals surface area contributed by atoms with Crippen molar-refractivity contribution in [1.82, 2.24) is 10.5 Å². The molecule has 0 amide bonds. The number of nitrogens with one attached hydrogen (secondary N) is 1. The Morgan fingerprint density at radius 2 is 2.19 bits per heavy atom. The Hall–Kier alpha value is -0.830. The molecule has 3 heteroatoms. The van der Waals surface area contributed by atoms with Crippen LogP contribution in [0.4, 0.5) is 0 Å². The van der Waals surface area contributed by atoms with Crippen LogP contribution in [0.3, 0.4) is 0 Å². The van der Waals surface area contributed by atoms with Crippen molar-refractivity contribution in [2.75, 3.05) is 0 Å². The lowest BCUT2D eigenvalue weighted by molar-refractivity contribution is 0.221. The van der Waals surface area contributed by atoms with Gasteiger partial charge in [0.25, 0.3) is 0 Å². The third kappa shape index (κ3) is 2.85. The van der Waals surface area contributed by atoms with Gasteiger partial charge in [-0.1, -0.05) is 19.0 Å². The molecule has 1 N–H and O–H groups in total. The molecule has 0 spiro atoms. The number of hydrogen-bond donors (Lipinski definition) is 1. The van der Waals surface area contributed by atoms with Crippen molar-refractivity contribution in [3.63, 3.8) is 0 Å². The monoisotopic (exact) mass is 222 g/mol. The molecule has 1 aromatic rings. The molecule has 1 aliphatic carbocycles. The van der Waals surface area contributed by atoms with E-state index in [-0.39, 0.29) is 0 Å². The summed E-state index contributed by atoms with van der Waals surface area (Å²) in [7, 11) is 0. The maximum Gasteiger partial charge on any atom is 0.150 e. The number of aromatic nitrogens is 1. The van der Waals surface area contributed by atoms with Crippen LogP contribution >= 0.6 is 0 Å². The van der Waals surface area contributed by atoms with Crippen LogP contribution in [-0.2, 0) is 6.54 Å². The fourth-order valence-corrected chi connectivity index (χ4v) is 2.48. The van der Waals surface area contributed by atoms with Gasteiger partial charge in [0.1, 0.15) is 0 Å². The van der Waals surface area contributed by atoms with Crippen molar-refractivity contribution in [2.24, 2.45) is 11.8 Å². The first kappa shape index (κ1) is 11.6. The molecule has 1 aliphatic rings. The lowest BCUT2D eigenvalue weighted by Crippen LogP contribution is -2.35. The molecule has 0 saturated heterocycles. The molecule has 0 radical (unpaired) electrons. The molecule has 90 valence electrons. The lowest BCUT2D eigenvalue weighted by Gasteiger charge is -2.32. The van der Waals surface area contributed by atoms with Gasteiger partial charge in [-0.05, 0) is 38.0 Å². The van der Waals surface area contributed by atoms with E-state index in [2.05, 4.69) is 24.3 Å². The van der Waals surface area contributed by atoms with Gasteiger partial charge in [-0.2, -0.15) is 0 Å². The van der Waals surface area contributed by atoms with Gasteiger partial charge in [0.05, 0.1) is 12.2 Å². The molecular formula is C13H22N2O. The van der Waals surface area contributed by atoms with E-state index < -0.39 is 0 Å². The average molecular weight is 222 g/mol. The molecular weight excluding hydrogens is 200 g/mol. The molecule has 1 saturated carbocycles. The smallest absolute Gasteiger partial charge is 0.150 e. The molecule has 0 bridgehead atoms. The SMILES string of the molecule is Cc1cc(CNC2CCC(C)C(C)C2)on1. The fraction of sp³-hybridized carbons (Fsp3) is 0.769. The van der Waals surface area contributed by atoms with Crippen LogP contribution in [0.25, 0.3) is 0 Å². The molecule has 1 heterocycles. The van der Waals surface area contributed by atoms with E-state index in [1.807, 2.05) is 13.0 Å². The molecule has 3 unspecified atom stereocenters. The second kappa shape index (κ2) is 5.00. The summed E-state index contributed by atoms with van der Waals surface area (Å²) < 4.78 is 5.19. The van der Waals surface area contributed by atoms with E-state index in [4.69, 9.17) is 4.52 Å². The Balaban J connectivity index is 1.78. The van der Waals surface area contributed by atoms with E-state index in [0.29, 0.717) is 6.04 Å². The quantitative estimate of drug-likeness (QED) is 0.854. The molecule has 2 rings (SSSR count). The topological polar surface area (TPSA) is 38.1 Å². The first-order valence-corrected chi connectivity index (χ1v) is 6.30. The third-order valence-corrected chi connectivity index (χ3v) is 3.84. The maximum absolute atomic E-state index is 5.19. The van der Waals surface area contributed by atoms with E-state index >= 15 is 0 Å². The summed E-state index contributed by atoms with van der Waals surface area (Å²) in [6, 6.07) is 2.65. The summed E-state index contributed by atoms with van der Waals surface area (Å²) in [4.78, 5) is 0. The highest BCUT2D eigenvalue weighted by atomic mass is 16.5. The van der Waals surface area contributed by atoms with E-state index in [1.165, 1.54) is 19.3 Å². The molecule has 0 aliphatic heterocycles. The zero-order chi connectivity index (χ0) is 11.5. The predicted molar refractivity (Wildman–Crippen MR) is 64.0 cm³/mol. The summed E-state index contributed by atoms with van der Waals surface area (Å²) in [5.74, 6) is 2.66. The first-order chi connectivity index (χ1) is 7.65. The lowest BCUT2D eigenvalue weighted by atomic mass is 9.79. The Bertz CT molecular complexity index is 334. The van der Waals surface area contributed by atoms with Crippen LogP contribution < -0.4 is 5.32 Å². The fourth-order valence-electron chi connectivity index (χ4n) is 2.48. The van der Waals surface area contributed by atoms with Crippen molar-refractivity contribution in [3.8, 4) is 0 Å². The first-order valence-electron chi connectivity index (χ1n) is 6.30. The Morgan fingerprint density at radius 3 is 2.81 bits per heavy atom. The van der Waals surface area contributed by atoms with Crippen molar-refractivity contribution < 1.29 is 4.52 Å². The van der Waals surface area contributed by atoms with Gasteiger partial charge in [-0.25, -0.2) is 0 Å². The summed E-state index contributed by atoms with van der Waals surface area (Å²) in [6.45, 7) is 7.49. The van der Waals surface area contributed by atoms with Gasteiger partial charge in [0, 0.05) is 12.1 Å². The second-order valence-electron chi connectivity index (χ2n) is 5.28. The van der Waals surface area contributed by atoms with Gasteiger partial charge < -0.3 is 9.84 Å². The van der Waals surface area contributed by atoms with Crippen LogP contribution in [0.15, 0.2) is 10.6 Å². The van der Waals surface area contributed by atoms with E-state index in [0.717, 1.165) is 29.8 Å². The minimum atomic E-state index is 0.650. The summed E-state index contributed by atoms with van der Waals surface area (Å²) in [6.07, 6.45) is 3.92. The van der Waals surface area contributed by atoms with Gasteiger partial charge in [-0.3, -0.25) is 0 Å². The Morgan fingerprint density at radius 1 is 1.38 bits per heavy atom. The molecule has 1 fully saturated rings. The molecule has 3 nitrogen and oxygen atoms in total. The van der Waals surface area contributed by atoms with Crippen molar-refractivity contribution in [2.45, 2.75) is 52.6 Å². The standard InChI is InChI=1S/C13H22N2O/c1-9-4-5-12(6-10(9)2)14-8-13-7-11(3)15-16-13/h7,9-10,12,14H,4-6,8H2,1-3H3. The summed E-state index contributed by atoms with van der Waals surface area (Å²) in [5, 5.41) is 7.46. The molecule has 16 heavy (non-hydrogen) atoms. The van der Waals surface area contributed by atoms with Gasteiger partial charge >= 0.3 is 0 Å². The van der Waals surface area contributed by atoms with Crippen molar-refractivity contribution in [3.05, 3.63) is 17.5 Å². The van der Waals surface area contributed by atoms with Gasteiger partial charge in [0.15, 0.2) is 5.76 Å². The minimum absolute atomic E-state index is 0.650. The summed E-state index contributed by atoms with van der Waals surface area (Å²) >= 11 is 0. The minimum Gasteiger partial charge on any atom is -0.360 e. The average Bonchev–Trinajstić information content (AvgIpc) is 2.66. The normalized spacial score (nSPS) is 30.6.